The number of pyridine rings is 1. The molecule has 0 saturated carbocycles. The first-order chi connectivity index (χ1) is 16.1. The van der Waals surface area contributed by atoms with Gasteiger partial charge >= 0.3 is 0 Å². The minimum absolute atomic E-state index is 0.120. The largest absolute Gasteiger partial charge is 0.454 e. The SMILES string of the molecule is C#Cc1cc(Nc2ncnc3ccc(C#CCNC(C)=O)cc23)ccc1Oc1cccnc1. The van der Waals surface area contributed by atoms with E-state index in [1.54, 1.807) is 24.5 Å². The minimum Gasteiger partial charge on any atom is -0.454 e. The van der Waals surface area contributed by atoms with E-state index in [1.807, 2.05) is 36.4 Å². The molecule has 0 spiro atoms. The zero-order valence-corrected chi connectivity index (χ0v) is 17.8. The van der Waals surface area contributed by atoms with Gasteiger partial charge in [0.05, 0.1) is 23.8 Å². The van der Waals surface area contributed by atoms with Gasteiger partial charge in [0, 0.05) is 29.8 Å². The highest BCUT2D eigenvalue weighted by molar-refractivity contribution is 5.91. The third kappa shape index (κ3) is 5.43. The summed E-state index contributed by atoms with van der Waals surface area (Å²) >= 11 is 0. The Morgan fingerprint density at radius 2 is 2.06 bits per heavy atom. The lowest BCUT2D eigenvalue weighted by molar-refractivity contribution is -0.118. The monoisotopic (exact) mass is 433 g/mol. The van der Waals surface area contributed by atoms with Crippen LogP contribution in [0.2, 0.25) is 0 Å². The summed E-state index contributed by atoms with van der Waals surface area (Å²) in [6, 6.07) is 14.7. The summed E-state index contributed by atoms with van der Waals surface area (Å²) in [5.74, 6) is 10.3. The van der Waals surface area contributed by atoms with Gasteiger partial charge in [-0.2, -0.15) is 0 Å². The second-order valence-corrected chi connectivity index (χ2v) is 6.94. The van der Waals surface area contributed by atoms with Crippen molar-refractivity contribution in [3.8, 4) is 35.7 Å². The number of rotatable bonds is 5. The van der Waals surface area contributed by atoms with Gasteiger partial charge in [-0.3, -0.25) is 9.78 Å². The van der Waals surface area contributed by atoms with Gasteiger partial charge in [-0.15, -0.1) is 6.42 Å². The molecule has 0 aliphatic rings. The highest BCUT2D eigenvalue weighted by Gasteiger charge is 2.09. The van der Waals surface area contributed by atoms with E-state index >= 15 is 0 Å². The quantitative estimate of drug-likeness (QED) is 0.462. The van der Waals surface area contributed by atoms with Crippen LogP contribution in [0.5, 0.6) is 11.5 Å². The van der Waals surface area contributed by atoms with Gasteiger partial charge in [0.1, 0.15) is 23.6 Å². The smallest absolute Gasteiger partial charge is 0.217 e. The van der Waals surface area contributed by atoms with Crippen LogP contribution in [0.25, 0.3) is 10.9 Å². The summed E-state index contributed by atoms with van der Waals surface area (Å²) in [5.41, 5.74) is 2.90. The molecule has 0 bridgehead atoms. The number of amides is 1. The van der Waals surface area contributed by atoms with Crippen LogP contribution >= 0.6 is 0 Å². The van der Waals surface area contributed by atoms with Crippen LogP contribution in [0.3, 0.4) is 0 Å². The molecule has 0 fully saturated rings. The number of aromatic nitrogens is 3. The van der Waals surface area contributed by atoms with E-state index in [2.05, 4.69) is 43.3 Å². The van der Waals surface area contributed by atoms with Crippen molar-refractivity contribution in [1.82, 2.24) is 20.3 Å². The van der Waals surface area contributed by atoms with Crippen molar-refractivity contribution >= 4 is 28.3 Å². The van der Waals surface area contributed by atoms with Gasteiger partial charge in [0.25, 0.3) is 0 Å². The average Bonchev–Trinajstić information content (AvgIpc) is 2.83. The molecular formula is C26H19N5O2. The van der Waals surface area contributed by atoms with Crippen molar-refractivity contribution in [2.75, 3.05) is 11.9 Å². The van der Waals surface area contributed by atoms with Gasteiger partial charge < -0.3 is 15.4 Å². The molecule has 2 aromatic carbocycles. The van der Waals surface area contributed by atoms with Crippen LogP contribution in [-0.2, 0) is 4.79 Å². The fraction of sp³-hybridized carbons (Fsp3) is 0.0769. The number of nitrogens with one attached hydrogen (secondary N) is 2. The van der Waals surface area contributed by atoms with Gasteiger partial charge in [0.2, 0.25) is 5.91 Å². The molecule has 2 heterocycles. The number of anilines is 2. The van der Waals surface area contributed by atoms with Crippen LogP contribution in [0.4, 0.5) is 11.5 Å². The molecule has 2 N–H and O–H groups in total. The molecule has 7 nitrogen and oxygen atoms in total. The van der Waals surface area contributed by atoms with E-state index in [9.17, 15) is 4.79 Å². The lowest BCUT2D eigenvalue weighted by Crippen LogP contribution is -2.19. The van der Waals surface area contributed by atoms with Crippen LogP contribution in [0.15, 0.2) is 67.3 Å². The number of hydrogen-bond acceptors (Lipinski definition) is 6. The van der Waals surface area contributed by atoms with Gasteiger partial charge in [-0.05, 0) is 48.5 Å². The molecule has 2 aromatic heterocycles. The summed E-state index contributed by atoms with van der Waals surface area (Å²) in [6.45, 7) is 1.74. The van der Waals surface area contributed by atoms with Gasteiger partial charge in [0.15, 0.2) is 0 Å². The molecule has 0 radical (unpaired) electrons. The maximum Gasteiger partial charge on any atom is 0.217 e. The van der Waals surface area contributed by atoms with Gasteiger partial charge in [-0.1, -0.05) is 17.8 Å². The Hall–Kier alpha value is -4.88. The Balaban J connectivity index is 1.59. The number of nitrogens with zero attached hydrogens (tertiary/aromatic N) is 3. The van der Waals surface area contributed by atoms with Crippen molar-refractivity contribution in [1.29, 1.82) is 0 Å². The first-order valence-electron chi connectivity index (χ1n) is 10.1. The van der Waals surface area contributed by atoms with Crippen LogP contribution < -0.4 is 15.4 Å². The van der Waals surface area contributed by atoms with Crippen LogP contribution in [0, 0.1) is 24.2 Å². The molecule has 4 rings (SSSR count). The zero-order valence-electron chi connectivity index (χ0n) is 17.8. The Labute approximate surface area is 191 Å². The number of ether oxygens (including phenoxy) is 1. The Bertz CT molecular complexity index is 1420. The van der Waals surface area contributed by atoms with E-state index in [1.165, 1.54) is 13.3 Å². The number of benzene rings is 2. The molecule has 0 atom stereocenters. The minimum atomic E-state index is -0.120. The summed E-state index contributed by atoms with van der Waals surface area (Å²) in [7, 11) is 0. The fourth-order valence-electron chi connectivity index (χ4n) is 3.03. The van der Waals surface area contributed by atoms with Crippen molar-refractivity contribution in [2.24, 2.45) is 0 Å². The summed E-state index contributed by atoms with van der Waals surface area (Å²) < 4.78 is 5.85. The average molecular weight is 433 g/mol. The van der Waals surface area contributed by atoms with Crippen molar-refractivity contribution in [3.63, 3.8) is 0 Å². The van der Waals surface area contributed by atoms with E-state index in [0.717, 1.165) is 22.2 Å². The van der Waals surface area contributed by atoms with Crippen molar-refractivity contribution in [2.45, 2.75) is 6.92 Å². The molecule has 33 heavy (non-hydrogen) atoms. The molecular weight excluding hydrogens is 414 g/mol. The Morgan fingerprint density at radius 3 is 2.85 bits per heavy atom. The fourth-order valence-corrected chi connectivity index (χ4v) is 3.03. The Morgan fingerprint density at radius 1 is 1.15 bits per heavy atom. The third-order valence-corrected chi connectivity index (χ3v) is 4.55. The first kappa shape index (κ1) is 21.4. The number of carbonyl (C=O) groups is 1. The summed E-state index contributed by atoms with van der Waals surface area (Å²) in [4.78, 5) is 23.7. The zero-order chi connectivity index (χ0) is 23.0. The normalized spacial score (nSPS) is 9.94. The van der Waals surface area contributed by atoms with Crippen LogP contribution in [0.1, 0.15) is 18.1 Å². The Kier molecular flexibility index (Phi) is 6.44. The molecule has 1 amide bonds. The maximum absolute atomic E-state index is 11.0. The molecule has 0 aliphatic carbocycles. The molecule has 0 unspecified atom stereocenters. The van der Waals surface area contributed by atoms with E-state index in [-0.39, 0.29) is 12.5 Å². The molecule has 0 saturated heterocycles. The van der Waals surface area contributed by atoms with Crippen LogP contribution in [-0.4, -0.2) is 27.4 Å². The second kappa shape index (κ2) is 9.95. The molecule has 160 valence electrons. The highest BCUT2D eigenvalue weighted by atomic mass is 16.5. The molecule has 0 aliphatic heterocycles. The topological polar surface area (TPSA) is 89.0 Å². The third-order valence-electron chi connectivity index (χ3n) is 4.55. The van der Waals surface area contributed by atoms with Gasteiger partial charge in [-0.25, -0.2) is 9.97 Å². The number of terminal acetylenes is 1. The maximum atomic E-state index is 11.0. The predicted octanol–water partition coefficient (Wildman–Crippen LogP) is 4.03. The first-order valence-corrected chi connectivity index (χ1v) is 10.1. The molecule has 4 aromatic rings. The van der Waals surface area contributed by atoms with E-state index < -0.39 is 0 Å². The van der Waals surface area contributed by atoms with E-state index in [0.29, 0.717) is 22.9 Å². The lowest BCUT2D eigenvalue weighted by Gasteiger charge is -2.12. The molecule has 7 heteroatoms. The number of hydrogen-bond donors (Lipinski definition) is 2. The van der Waals surface area contributed by atoms with Crippen molar-refractivity contribution in [3.05, 3.63) is 78.4 Å². The second-order valence-electron chi connectivity index (χ2n) is 6.94. The highest BCUT2D eigenvalue weighted by Crippen LogP contribution is 2.29. The predicted molar refractivity (Wildman–Crippen MR) is 127 cm³/mol. The number of carbonyl (C=O) groups excluding carboxylic acids is 1. The summed E-state index contributed by atoms with van der Waals surface area (Å²) in [6.07, 6.45) is 10.5. The number of fused-ring (bicyclic) bond motifs is 1. The lowest BCUT2D eigenvalue weighted by atomic mass is 10.1. The van der Waals surface area contributed by atoms with Crippen molar-refractivity contribution < 1.29 is 9.53 Å². The standard InChI is InChI=1S/C26H19N5O2/c1-3-20-15-21(9-11-25(20)33-22-7-5-12-27-16-22)31-26-23-14-19(6-4-13-28-18(2)32)8-10-24(23)29-17-30-26/h1,5,7-12,14-17H,13H2,2H3,(H,28,32)(H,29,30,31). The summed E-state index contributed by atoms with van der Waals surface area (Å²) in [5, 5.41) is 6.76. The van der Waals surface area contributed by atoms with E-state index in [4.69, 9.17) is 11.2 Å².